The summed E-state index contributed by atoms with van der Waals surface area (Å²) in [5.41, 5.74) is 3.33. The molecule has 1 amide bonds. The van der Waals surface area contributed by atoms with Gasteiger partial charge in [-0.3, -0.25) is 9.20 Å². The van der Waals surface area contributed by atoms with Gasteiger partial charge in [0.2, 0.25) is 0 Å². The highest BCUT2D eigenvalue weighted by Crippen LogP contribution is 2.34. The van der Waals surface area contributed by atoms with Gasteiger partial charge in [-0.25, -0.2) is 4.98 Å². The van der Waals surface area contributed by atoms with E-state index in [1.54, 1.807) is 32.7 Å². The predicted molar refractivity (Wildman–Crippen MR) is 143 cm³/mol. The molecule has 1 fully saturated rings. The molecule has 0 spiro atoms. The number of fused-ring (bicyclic) bond motifs is 1. The van der Waals surface area contributed by atoms with Gasteiger partial charge in [-0.2, -0.15) is 0 Å². The van der Waals surface area contributed by atoms with E-state index in [0.717, 1.165) is 52.9 Å². The lowest BCUT2D eigenvalue weighted by molar-refractivity contribution is 0.0526. The van der Waals surface area contributed by atoms with E-state index in [9.17, 15) is 4.79 Å². The molecule has 0 saturated carbocycles. The molecule has 1 aliphatic rings. The summed E-state index contributed by atoms with van der Waals surface area (Å²) in [5, 5.41) is 2.10. The van der Waals surface area contributed by atoms with Crippen LogP contribution in [-0.2, 0) is 11.2 Å². The zero-order valence-electron chi connectivity index (χ0n) is 21.3. The number of imidazole rings is 1. The maximum atomic E-state index is 13.6. The van der Waals surface area contributed by atoms with Crippen molar-refractivity contribution in [2.45, 2.75) is 25.4 Å². The van der Waals surface area contributed by atoms with E-state index >= 15 is 0 Å². The molecule has 2 aromatic carbocycles. The van der Waals surface area contributed by atoms with Gasteiger partial charge in [-0.1, -0.05) is 12.1 Å². The van der Waals surface area contributed by atoms with Crippen molar-refractivity contribution < 1.29 is 23.7 Å². The summed E-state index contributed by atoms with van der Waals surface area (Å²) in [7, 11) is 4.88. The van der Waals surface area contributed by atoms with Gasteiger partial charge in [0.1, 0.15) is 17.2 Å². The van der Waals surface area contributed by atoms with Crippen molar-refractivity contribution in [3.05, 3.63) is 65.3 Å². The molecular formula is C28H31N3O5S. The van der Waals surface area contributed by atoms with Crippen molar-refractivity contribution in [2.75, 3.05) is 41.0 Å². The van der Waals surface area contributed by atoms with Gasteiger partial charge in [0.15, 0.2) is 4.96 Å². The van der Waals surface area contributed by atoms with Gasteiger partial charge >= 0.3 is 0 Å². The normalized spacial score (nSPS) is 15.2. The first kappa shape index (κ1) is 25.1. The first-order chi connectivity index (χ1) is 18.1. The lowest BCUT2D eigenvalue weighted by atomic mass is 10.1. The van der Waals surface area contributed by atoms with Crippen molar-refractivity contribution in [3.63, 3.8) is 0 Å². The molecule has 0 radical (unpaired) electrons. The Kier molecular flexibility index (Phi) is 7.62. The van der Waals surface area contributed by atoms with Crippen LogP contribution in [0.15, 0.2) is 54.0 Å². The number of benzene rings is 2. The van der Waals surface area contributed by atoms with Gasteiger partial charge in [-0.15, -0.1) is 11.3 Å². The third-order valence-electron chi connectivity index (χ3n) is 6.68. The second-order valence-corrected chi connectivity index (χ2v) is 9.75. The number of methoxy groups -OCH3 is 3. The van der Waals surface area contributed by atoms with Crippen LogP contribution in [0, 0.1) is 0 Å². The predicted octanol–water partition coefficient (Wildman–Crippen LogP) is 4.95. The van der Waals surface area contributed by atoms with Crippen molar-refractivity contribution in [1.82, 2.24) is 14.3 Å². The number of hydrogen-bond acceptors (Lipinski definition) is 7. The molecule has 1 saturated heterocycles. The third-order valence-corrected chi connectivity index (χ3v) is 7.57. The van der Waals surface area contributed by atoms with Crippen molar-refractivity contribution >= 4 is 22.2 Å². The van der Waals surface area contributed by atoms with E-state index in [2.05, 4.69) is 9.78 Å². The fourth-order valence-electron chi connectivity index (χ4n) is 4.70. The summed E-state index contributed by atoms with van der Waals surface area (Å²) in [6, 6.07) is 13.1. The molecule has 194 valence electrons. The Hall–Kier alpha value is -3.56. The largest absolute Gasteiger partial charge is 0.497 e. The maximum absolute atomic E-state index is 13.6. The van der Waals surface area contributed by atoms with Crippen molar-refractivity contribution in [2.24, 2.45) is 0 Å². The molecule has 8 nitrogen and oxygen atoms in total. The lowest BCUT2D eigenvalue weighted by Crippen LogP contribution is -2.39. The number of thiazole rings is 1. The fourth-order valence-corrected chi connectivity index (χ4v) is 5.61. The molecular weight excluding hydrogens is 490 g/mol. The standard InChI is InChI=1S/C28H31N3O5S/c1-33-20-10-11-26(35-3)23(15-20)24-17-31-19(18-37-28(31)29-24)12-13-30(16-21-7-6-14-36-21)27(32)22-8-4-5-9-25(22)34-2/h4-5,8-11,15,17-18,21H,6-7,12-14,16H2,1-3H3. The minimum atomic E-state index is -0.0492. The van der Waals surface area contributed by atoms with Gasteiger partial charge < -0.3 is 23.8 Å². The minimum Gasteiger partial charge on any atom is -0.497 e. The molecule has 2 aromatic heterocycles. The molecule has 9 heteroatoms. The first-order valence-corrected chi connectivity index (χ1v) is 13.2. The van der Waals surface area contributed by atoms with Gasteiger partial charge in [0.05, 0.1) is 38.7 Å². The minimum absolute atomic E-state index is 0.0492. The number of para-hydroxylation sites is 1. The topological polar surface area (TPSA) is 74.5 Å². The Bertz CT molecular complexity index is 1380. The molecule has 0 N–H and O–H groups in total. The molecule has 1 atom stereocenters. The Balaban J connectivity index is 1.40. The number of amides is 1. The Morgan fingerprint density at radius 3 is 2.73 bits per heavy atom. The van der Waals surface area contributed by atoms with E-state index < -0.39 is 0 Å². The summed E-state index contributed by atoms with van der Waals surface area (Å²) in [6.45, 7) is 1.86. The molecule has 4 aromatic rings. The second kappa shape index (κ2) is 11.2. The summed E-state index contributed by atoms with van der Waals surface area (Å²) in [5.74, 6) is 2.01. The molecule has 37 heavy (non-hydrogen) atoms. The van der Waals surface area contributed by atoms with Gasteiger partial charge in [0, 0.05) is 49.0 Å². The van der Waals surface area contributed by atoms with E-state index in [1.807, 2.05) is 53.6 Å². The molecule has 1 unspecified atom stereocenters. The average Bonchev–Trinajstić information content (AvgIpc) is 3.69. The average molecular weight is 522 g/mol. The number of rotatable bonds is 10. The van der Waals surface area contributed by atoms with Crippen LogP contribution in [0.2, 0.25) is 0 Å². The number of carbonyl (C=O) groups excluding carboxylic acids is 1. The smallest absolute Gasteiger partial charge is 0.257 e. The number of hydrogen-bond donors (Lipinski definition) is 0. The Labute approximate surface area is 220 Å². The highest BCUT2D eigenvalue weighted by Gasteiger charge is 2.25. The fraction of sp³-hybridized carbons (Fsp3) is 0.357. The Morgan fingerprint density at radius 1 is 1.14 bits per heavy atom. The molecule has 1 aliphatic heterocycles. The van der Waals surface area contributed by atoms with Crippen LogP contribution >= 0.6 is 11.3 Å². The van der Waals surface area contributed by atoms with E-state index in [0.29, 0.717) is 30.8 Å². The van der Waals surface area contributed by atoms with Crippen LogP contribution in [0.3, 0.4) is 0 Å². The monoisotopic (exact) mass is 521 g/mol. The number of ether oxygens (including phenoxy) is 4. The van der Waals surface area contributed by atoms with E-state index in [1.165, 1.54) is 0 Å². The number of aromatic nitrogens is 2. The van der Waals surface area contributed by atoms with Crippen LogP contribution in [0.25, 0.3) is 16.2 Å². The van der Waals surface area contributed by atoms with Gasteiger partial charge in [-0.05, 0) is 43.2 Å². The summed E-state index contributed by atoms with van der Waals surface area (Å²) in [4.78, 5) is 21.2. The summed E-state index contributed by atoms with van der Waals surface area (Å²) < 4.78 is 24.4. The molecule has 0 bridgehead atoms. The summed E-state index contributed by atoms with van der Waals surface area (Å²) >= 11 is 1.58. The highest BCUT2D eigenvalue weighted by molar-refractivity contribution is 7.15. The van der Waals surface area contributed by atoms with E-state index in [-0.39, 0.29) is 12.0 Å². The SMILES string of the molecule is COc1ccc(OC)c(-c2cn3c(CCN(CC4CCCO4)C(=O)c4ccccc4OC)csc3n2)c1. The molecule has 3 heterocycles. The van der Waals surface area contributed by atoms with Crippen LogP contribution in [0.5, 0.6) is 17.2 Å². The number of nitrogens with zero attached hydrogens (tertiary/aromatic N) is 3. The second-order valence-electron chi connectivity index (χ2n) is 8.91. The molecule has 0 aliphatic carbocycles. The zero-order chi connectivity index (χ0) is 25.8. The van der Waals surface area contributed by atoms with Crippen LogP contribution in [0.1, 0.15) is 28.9 Å². The number of carbonyl (C=O) groups is 1. The van der Waals surface area contributed by atoms with Crippen molar-refractivity contribution in [3.8, 4) is 28.5 Å². The van der Waals surface area contributed by atoms with Gasteiger partial charge in [0.25, 0.3) is 5.91 Å². The molecule has 5 rings (SSSR count). The van der Waals surface area contributed by atoms with E-state index in [4.69, 9.17) is 23.9 Å². The van der Waals surface area contributed by atoms with Crippen LogP contribution < -0.4 is 14.2 Å². The van der Waals surface area contributed by atoms with Crippen LogP contribution in [0.4, 0.5) is 0 Å². The Morgan fingerprint density at radius 2 is 1.97 bits per heavy atom. The highest BCUT2D eigenvalue weighted by atomic mass is 32.1. The summed E-state index contributed by atoms with van der Waals surface area (Å²) in [6.07, 6.45) is 4.74. The maximum Gasteiger partial charge on any atom is 0.257 e. The lowest BCUT2D eigenvalue weighted by Gasteiger charge is -2.26. The van der Waals surface area contributed by atoms with Crippen LogP contribution in [-0.4, -0.2) is 67.3 Å². The third kappa shape index (κ3) is 5.28. The van der Waals surface area contributed by atoms with Crippen molar-refractivity contribution in [1.29, 1.82) is 0 Å². The quantitative estimate of drug-likeness (QED) is 0.294. The first-order valence-electron chi connectivity index (χ1n) is 12.3. The zero-order valence-corrected chi connectivity index (χ0v) is 22.1.